The number of hydrogen-bond acceptors (Lipinski definition) is 3. The SMILES string of the molecule is Cc1ccc(-c2ccc3oc4ccc5c(ccc6oc7ccccc7c65)c4c3c2)o1. The highest BCUT2D eigenvalue weighted by atomic mass is 16.3. The maximum Gasteiger partial charge on any atom is 0.136 e. The van der Waals surface area contributed by atoms with Crippen LogP contribution >= 0.6 is 0 Å². The molecule has 0 bridgehead atoms. The van der Waals surface area contributed by atoms with Crippen molar-refractivity contribution in [2.45, 2.75) is 6.92 Å². The van der Waals surface area contributed by atoms with Gasteiger partial charge in [0, 0.05) is 27.1 Å². The second-order valence-corrected chi connectivity index (χ2v) is 7.79. The normalized spacial score (nSPS) is 12.2. The van der Waals surface area contributed by atoms with Crippen LogP contribution in [-0.4, -0.2) is 0 Å². The Morgan fingerprint density at radius 1 is 0.500 bits per heavy atom. The molecule has 3 aromatic heterocycles. The summed E-state index contributed by atoms with van der Waals surface area (Å²) in [5, 5.41) is 6.84. The molecule has 0 radical (unpaired) electrons. The van der Waals surface area contributed by atoms with E-state index in [-0.39, 0.29) is 0 Å². The van der Waals surface area contributed by atoms with Crippen LogP contribution in [0.1, 0.15) is 5.76 Å². The lowest BCUT2D eigenvalue weighted by Crippen LogP contribution is -1.78. The fourth-order valence-electron chi connectivity index (χ4n) is 4.65. The molecule has 0 atom stereocenters. The number of furan rings is 3. The average Bonchev–Trinajstić information content (AvgIpc) is 3.47. The second-order valence-electron chi connectivity index (χ2n) is 7.79. The van der Waals surface area contributed by atoms with E-state index in [2.05, 4.69) is 42.5 Å². The van der Waals surface area contributed by atoms with E-state index in [1.165, 1.54) is 5.39 Å². The molecule has 30 heavy (non-hydrogen) atoms. The molecule has 7 rings (SSSR count). The van der Waals surface area contributed by atoms with Gasteiger partial charge < -0.3 is 13.3 Å². The lowest BCUT2D eigenvalue weighted by atomic mass is 9.99. The van der Waals surface area contributed by atoms with Gasteiger partial charge >= 0.3 is 0 Å². The van der Waals surface area contributed by atoms with Crippen LogP contribution in [0.15, 0.2) is 92.1 Å². The van der Waals surface area contributed by atoms with Crippen LogP contribution < -0.4 is 0 Å². The molecule has 142 valence electrons. The largest absolute Gasteiger partial charge is 0.461 e. The molecule has 4 aromatic carbocycles. The van der Waals surface area contributed by atoms with E-state index in [0.717, 1.165) is 66.3 Å². The summed E-state index contributed by atoms with van der Waals surface area (Å²) in [4.78, 5) is 0. The van der Waals surface area contributed by atoms with E-state index in [4.69, 9.17) is 13.3 Å². The molecule has 0 unspecified atom stereocenters. The molecule has 7 aromatic rings. The van der Waals surface area contributed by atoms with E-state index in [1.54, 1.807) is 0 Å². The molecule has 0 N–H and O–H groups in total. The van der Waals surface area contributed by atoms with Crippen LogP contribution in [0.5, 0.6) is 0 Å². The van der Waals surface area contributed by atoms with Crippen molar-refractivity contribution in [2.75, 3.05) is 0 Å². The van der Waals surface area contributed by atoms with E-state index in [9.17, 15) is 0 Å². The predicted octanol–water partition coefficient (Wildman–Crippen LogP) is 8.21. The molecule has 0 aliphatic heterocycles. The van der Waals surface area contributed by atoms with E-state index < -0.39 is 0 Å². The van der Waals surface area contributed by atoms with Crippen molar-refractivity contribution in [3.05, 3.63) is 84.6 Å². The van der Waals surface area contributed by atoms with Crippen LogP contribution in [0, 0.1) is 6.92 Å². The number of aryl methyl sites for hydroxylation is 1. The molecule has 3 heteroatoms. The Morgan fingerprint density at radius 3 is 1.90 bits per heavy atom. The van der Waals surface area contributed by atoms with Gasteiger partial charge in [0.25, 0.3) is 0 Å². The third-order valence-corrected chi connectivity index (χ3v) is 5.99. The summed E-state index contributed by atoms with van der Waals surface area (Å²) in [5.41, 5.74) is 4.62. The monoisotopic (exact) mass is 388 g/mol. The van der Waals surface area contributed by atoms with Crippen LogP contribution in [0.3, 0.4) is 0 Å². The van der Waals surface area contributed by atoms with Crippen molar-refractivity contribution in [2.24, 2.45) is 0 Å². The first-order valence-corrected chi connectivity index (χ1v) is 10.0. The van der Waals surface area contributed by atoms with Gasteiger partial charge in [-0.25, -0.2) is 0 Å². The zero-order chi connectivity index (χ0) is 19.8. The van der Waals surface area contributed by atoms with Crippen LogP contribution in [0.4, 0.5) is 0 Å². The number of fused-ring (bicyclic) bond motifs is 9. The van der Waals surface area contributed by atoms with Gasteiger partial charge in [-0.2, -0.15) is 0 Å². The van der Waals surface area contributed by atoms with Crippen molar-refractivity contribution in [1.29, 1.82) is 0 Å². The minimum absolute atomic E-state index is 0.868. The molecule has 0 saturated heterocycles. The summed E-state index contributed by atoms with van der Waals surface area (Å²) in [6, 6.07) is 26.9. The zero-order valence-corrected chi connectivity index (χ0v) is 16.2. The Kier molecular flexibility index (Phi) is 2.94. The fraction of sp³-hybridized carbons (Fsp3) is 0.0370. The van der Waals surface area contributed by atoms with E-state index in [1.807, 2.05) is 43.3 Å². The van der Waals surface area contributed by atoms with E-state index >= 15 is 0 Å². The smallest absolute Gasteiger partial charge is 0.136 e. The maximum absolute atomic E-state index is 6.18. The summed E-state index contributed by atoms with van der Waals surface area (Å²) in [7, 11) is 0. The lowest BCUT2D eigenvalue weighted by molar-refractivity contribution is 0.548. The Hall–Kier alpha value is -3.98. The highest BCUT2D eigenvalue weighted by molar-refractivity contribution is 6.27. The lowest BCUT2D eigenvalue weighted by Gasteiger charge is -2.02. The molecule has 3 nitrogen and oxygen atoms in total. The summed E-state index contributed by atoms with van der Waals surface area (Å²) < 4.78 is 18.1. The first-order chi connectivity index (χ1) is 14.8. The predicted molar refractivity (Wildman–Crippen MR) is 121 cm³/mol. The minimum Gasteiger partial charge on any atom is -0.461 e. The van der Waals surface area contributed by atoms with Crippen molar-refractivity contribution in [3.63, 3.8) is 0 Å². The summed E-state index contributed by atoms with van der Waals surface area (Å²) in [6.07, 6.45) is 0. The Balaban J connectivity index is 1.63. The van der Waals surface area contributed by atoms with Crippen molar-refractivity contribution in [1.82, 2.24) is 0 Å². The van der Waals surface area contributed by atoms with Crippen LogP contribution in [-0.2, 0) is 0 Å². The van der Waals surface area contributed by atoms with Gasteiger partial charge in [-0.3, -0.25) is 0 Å². The van der Waals surface area contributed by atoms with Crippen molar-refractivity contribution in [3.8, 4) is 11.3 Å². The minimum atomic E-state index is 0.868. The number of para-hydroxylation sites is 1. The van der Waals surface area contributed by atoms with Gasteiger partial charge in [-0.15, -0.1) is 0 Å². The molecule has 0 spiro atoms. The molecule has 0 aliphatic rings. The molecular formula is C27H16O3. The van der Waals surface area contributed by atoms with Gasteiger partial charge in [0.15, 0.2) is 0 Å². The van der Waals surface area contributed by atoms with Crippen LogP contribution in [0.2, 0.25) is 0 Å². The summed E-state index contributed by atoms with van der Waals surface area (Å²) >= 11 is 0. The topological polar surface area (TPSA) is 39.4 Å². The zero-order valence-electron chi connectivity index (χ0n) is 16.2. The van der Waals surface area contributed by atoms with Gasteiger partial charge in [0.2, 0.25) is 0 Å². The van der Waals surface area contributed by atoms with Crippen molar-refractivity contribution < 1.29 is 13.3 Å². The molecule has 0 aliphatic carbocycles. The second kappa shape index (κ2) is 5.55. The number of benzene rings is 4. The first-order valence-electron chi connectivity index (χ1n) is 10.0. The molecule has 0 saturated carbocycles. The summed E-state index contributed by atoms with van der Waals surface area (Å²) in [5.74, 6) is 1.77. The fourth-order valence-corrected chi connectivity index (χ4v) is 4.65. The number of rotatable bonds is 1. The highest BCUT2D eigenvalue weighted by Crippen LogP contribution is 2.41. The quantitative estimate of drug-likeness (QED) is 0.284. The third-order valence-electron chi connectivity index (χ3n) is 5.99. The molecule has 0 fully saturated rings. The van der Waals surface area contributed by atoms with Crippen LogP contribution in [0.25, 0.3) is 66.0 Å². The van der Waals surface area contributed by atoms with Gasteiger partial charge in [0.05, 0.1) is 0 Å². The van der Waals surface area contributed by atoms with Gasteiger partial charge in [-0.1, -0.05) is 18.2 Å². The highest BCUT2D eigenvalue weighted by Gasteiger charge is 2.16. The maximum atomic E-state index is 6.18. The molecular weight excluding hydrogens is 372 g/mol. The first kappa shape index (κ1) is 15.9. The molecule has 3 heterocycles. The average molecular weight is 388 g/mol. The third kappa shape index (κ3) is 2.04. The Labute approximate surface area is 171 Å². The Morgan fingerprint density at radius 2 is 1.17 bits per heavy atom. The standard InChI is InChI=1S/C27H16O3/c1-15-6-10-21(28-15)16-7-11-23-20(14-16)27-18-9-12-24-26(17(18)8-13-25(27)30-23)19-4-2-3-5-22(19)29-24/h2-14H,1H3. The Bertz CT molecular complexity index is 1760. The van der Waals surface area contributed by atoms with Crippen molar-refractivity contribution >= 4 is 54.6 Å². The van der Waals surface area contributed by atoms with E-state index in [0.29, 0.717) is 0 Å². The van der Waals surface area contributed by atoms with Gasteiger partial charge in [0.1, 0.15) is 33.9 Å². The number of hydrogen-bond donors (Lipinski definition) is 0. The van der Waals surface area contributed by atoms with Gasteiger partial charge in [-0.05, 0) is 78.4 Å². The molecule has 0 amide bonds. The summed E-state index contributed by atoms with van der Waals surface area (Å²) in [6.45, 7) is 1.96.